The van der Waals surface area contributed by atoms with Crippen molar-refractivity contribution in [1.29, 1.82) is 0 Å². The van der Waals surface area contributed by atoms with E-state index in [2.05, 4.69) is 55.6 Å². The molecule has 0 rings (SSSR count). The number of unbranched alkanes of at least 4 members (excludes halogenated alkanes) is 41. The number of likely N-dealkylation sites (N-methyl/N-ethyl adjacent to an activating group) is 1. The van der Waals surface area contributed by atoms with Crippen molar-refractivity contribution in [3.05, 3.63) is 48.6 Å². The number of amides is 1. The minimum atomic E-state index is -4.61. The van der Waals surface area contributed by atoms with Crippen LogP contribution < -0.4 is 10.2 Å². The number of quaternary nitrogens is 1. The maximum absolute atomic E-state index is 13.0. The molecule has 0 aliphatic heterocycles. The van der Waals surface area contributed by atoms with Crippen molar-refractivity contribution >= 4 is 13.7 Å². The van der Waals surface area contributed by atoms with Crippen LogP contribution in [0.5, 0.6) is 0 Å². The highest BCUT2D eigenvalue weighted by atomic mass is 31.2. The van der Waals surface area contributed by atoms with Crippen molar-refractivity contribution < 1.29 is 32.9 Å². The number of phosphoric acid groups is 1. The maximum Gasteiger partial charge on any atom is 0.268 e. The number of hydrogen-bond donors (Lipinski definition) is 2. The fourth-order valence-electron chi connectivity index (χ4n) is 9.67. The van der Waals surface area contributed by atoms with E-state index in [0.29, 0.717) is 17.4 Å². The van der Waals surface area contributed by atoms with Crippen LogP contribution in [-0.4, -0.2) is 68.5 Å². The molecule has 1 amide bonds. The summed E-state index contributed by atoms with van der Waals surface area (Å²) in [7, 11) is 1.25. The molecular weight excluding hydrogens is 948 g/mol. The molecule has 0 aliphatic rings. The number of rotatable bonds is 60. The Balaban J connectivity index is 4.08. The van der Waals surface area contributed by atoms with Gasteiger partial charge in [0.2, 0.25) is 5.91 Å². The Morgan fingerprint density at radius 3 is 1.16 bits per heavy atom. The van der Waals surface area contributed by atoms with Gasteiger partial charge in [-0.25, -0.2) is 0 Å². The molecule has 9 heteroatoms. The number of aliphatic hydroxyl groups excluding tert-OH is 1. The molecule has 0 heterocycles. The van der Waals surface area contributed by atoms with Gasteiger partial charge in [0.05, 0.1) is 39.9 Å². The Labute approximate surface area is 467 Å². The van der Waals surface area contributed by atoms with Crippen LogP contribution in [-0.2, 0) is 18.4 Å². The van der Waals surface area contributed by atoms with Crippen molar-refractivity contribution in [2.45, 2.75) is 328 Å². The second kappa shape index (κ2) is 57.2. The van der Waals surface area contributed by atoms with E-state index >= 15 is 0 Å². The Morgan fingerprint density at radius 2 is 0.787 bits per heavy atom. The van der Waals surface area contributed by atoms with Gasteiger partial charge in [-0.1, -0.05) is 294 Å². The summed E-state index contributed by atoms with van der Waals surface area (Å²) in [6, 6.07) is -0.904. The molecule has 8 nitrogen and oxygen atoms in total. The molecule has 0 aliphatic carbocycles. The topological polar surface area (TPSA) is 108 Å². The van der Waals surface area contributed by atoms with Crippen LogP contribution in [0.15, 0.2) is 48.6 Å². The van der Waals surface area contributed by atoms with Gasteiger partial charge < -0.3 is 28.8 Å². The molecule has 0 spiro atoms. The molecule has 0 bridgehead atoms. The van der Waals surface area contributed by atoms with E-state index in [1.807, 2.05) is 27.2 Å². The molecular formula is C66H127N2O6P. The third kappa shape index (κ3) is 60.0. The van der Waals surface area contributed by atoms with Gasteiger partial charge in [0, 0.05) is 6.42 Å². The molecule has 0 aromatic carbocycles. The number of allylic oxidation sites excluding steroid dienone is 7. The van der Waals surface area contributed by atoms with Gasteiger partial charge in [0.1, 0.15) is 13.2 Å². The van der Waals surface area contributed by atoms with Gasteiger partial charge in [-0.3, -0.25) is 9.36 Å². The Kier molecular flexibility index (Phi) is 56.0. The predicted molar refractivity (Wildman–Crippen MR) is 325 cm³/mol. The summed E-state index contributed by atoms with van der Waals surface area (Å²) in [6.45, 7) is 4.67. The summed E-state index contributed by atoms with van der Waals surface area (Å²) in [6.07, 6.45) is 76.5. The summed E-state index contributed by atoms with van der Waals surface area (Å²) in [4.78, 5) is 25.6. The van der Waals surface area contributed by atoms with Crippen LogP contribution in [0.3, 0.4) is 0 Å². The monoisotopic (exact) mass is 1070 g/mol. The van der Waals surface area contributed by atoms with E-state index in [1.165, 1.54) is 250 Å². The van der Waals surface area contributed by atoms with E-state index in [4.69, 9.17) is 9.05 Å². The molecule has 0 aromatic rings. The zero-order chi connectivity index (χ0) is 54.9. The second-order valence-electron chi connectivity index (χ2n) is 23.5. The molecule has 0 radical (unpaired) electrons. The van der Waals surface area contributed by atoms with Crippen LogP contribution in [0, 0.1) is 0 Å². The van der Waals surface area contributed by atoms with Gasteiger partial charge in [0.25, 0.3) is 7.82 Å². The second-order valence-corrected chi connectivity index (χ2v) is 24.9. The van der Waals surface area contributed by atoms with Crippen LogP contribution in [0.4, 0.5) is 0 Å². The molecule has 0 aromatic heterocycles. The molecule has 442 valence electrons. The first-order valence-corrected chi connectivity index (χ1v) is 34.0. The standard InChI is InChI=1S/C66H127N2O6P/c1-6-8-10-12-14-16-18-20-22-24-26-28-29-30-31-32-33-34-35-36-37-38-39-40-42-44-46-48-50-52-54-56-58-60-66(70)67-64(63-74-75(71,72)73-62-61-68(3,4)5)65(69)59-57-55-53-51-49-47-45-43-41-27-25-23-21-19-17-15-13-11-9-7-2/h26,28,30-31,49,51,57,59,64-65,69H,6-25,27,29,32-48,50,52-56,58,60-63H2,1-5H3,(H-,67,70,71,72)/b28-26-,31-30-,51-49+,59-57+. The Morgan fingerprint density at radius 1 is 0.467 bits per heavy atom. The van der Waals surface area contributed by atoms with Gasteiger partial charge in [-0.05, 0) is 64.2 Å². The minimum absolute atomic E-state index is 0.00581. The highest BCUT2D eigenvalue weighted by molar-refractivity contribution is 7.45. The predicted octanol–water partition coefficient (Wildman–Crippen LogP) is 19.6. The number of carbonyl (C=O) groups is 1. The zero-order valence-corrected chi connectivity index (χ0v) is 51.4. The number of hydrogen-bond acceptors (Lipinski definition) is 6. The summed E-state index contributed by atoms with van der Waals surface area (Å²) < 4.78 is 23.4. The van der Waals surface area contributed by atoms with Crippen LogP contribution in [0.1, 0.15) is 316 Å². The first kappa shape index (κ1) is 73.5. The molecule has 75 heavy (non-hydrogen) atoms. The zero-order valence-electron chi connectivity index (χ0n) is 50.5. The Bertz CT molecular complexity index is 1360. The molecule has 0 saturated heterocycles. The van der Waals surface area contributed by atoms with Crippen molar-refractivity contribution in [2.75, 3.05) is 40.9 Å². The lowest BCUT2D eigenvalue weighted by atomic mass is 10.0. The van der Waals surface area contributed by atoms with Crippen molar-refractivity contribution in [1.82, 2.24) is 5.32 Å². The fraction of sp³-hybridized carbons (Fsp3) is 0.864. The van der Waals surface area contributed by atoms with Crippen LogP contribution in [0.2, 0.25) is 0 Å². The van der Waals surface area contributed by atoms with E-state index < -0.39 is 26.6 Å². The summed E-state index contributed by atoms with van der Waals surface area (Å²) in [5.41, 5.74) is 0. The van der Waals surface area contributed by atoms with Crippen molar-refractivity contribution in [2.24, 2.45) is 0 Å². The molecule has 0 fully saturated rings. The van der Waals surface area contributed by atoms with Gasteiger partial charge in [-0.15, -0.1) is 0 Å². The lowest BCUT2D eigenvalue weighted by molar-refractivity contribution is -0.870. The summed E-state index contributed by atoms with van der Waals surface area (Å²) in [5, 5.41) is 13.9. The quantitative estimate of drug-likeness (QED) is 0.0272. The van der Waals surface area contributed by atoms with Gasteiger partial charge >= 0.3 is 0 Å². The van der Waals surface area contributed by atoms with Crippen molar-refractivity contribution in [3.63, 3.8) is 0 Å². The molecule has 3 unspecified atom stereocenters. The van der Waals surface area contributed by atoms with Crippen molar-refractivity contribution in [3.8, 4) is 0 Å². The lowest BCUT2D eigenvalue weighted by Gasteiger charge is -2.29. The highest BCUT2D eigenvalue weighted by Gasteiger charge is 2.23. The maximum atomic E-state index is 13.0. The largest absolute Gasteiger partial charge is 0.756 e. The smallest absolute Gasteiger partial charge is 0.268 e. The Hall–Kier alpha value is -1.54. The minimum Gasteiger partial charge on any atom is -0.756 e. The molecule has 0 saturated carbocycles. The fourth-order valence-corrected chi connectivity index (χ4v) is 10.4. The average molecular weight is 1080 g/mol. The van der Waals surface area contributed by atoms with Crippen LogP contribution in [0.25, 0.3) is 0 Å². The first-order valence-electron chi connectivity index (χ1n) is 32.5. The number of aliphatic hydroxyl groups is 1. The summed E-state index contributed by atoms with van der Waals surface area (Å²) >= 11 is 0. The highest BCUT2D eigenvalue weighted by Crippen LogP contribution is 2.38. The number of phosphoric ester groups is 1. The number of nitrogens with one attached hydrogen (secondary N) is 1. The number of nitrogens with zero attached hydrogens (tertiary/aromatic N) is 1. The van der Waals surface area contributed by atoms with E-state index in [1.54, 1.807) is 6.08 Å². The first-order chi connectivity index (χ1) is 36.5. The van der Waals surface area contributed by atoms with E-state index in [0.717, 1.165) is 44.9 Å². The SMILES string of the molecule is CCCCCCCCCCC/C=C\C/C=C\CCCCCCCCCCCCCCCCCCCC(=O)NC(COP(=O)([O-])OCC[N+](C)(C)C)C(O)/C=C/CC/C=C/CCCCCCCCCCCCCCCC. The lowest BCUT2D eigenvalue weighted by Crippen LogP contribution is -2.45. The molecule has 2 N–H and O–H groups in total. The number of carbonyl (C=O) groups excluding carboxylic acids is 1. The van der Waals surface area contributed by atoms with Gasteiger partial charge in [0.15, 0.2) is 0 Å². The average Bonchev–Trinajstić information content (AvgIpc) is 3.37. The van der Waals surface area contributed by atoms with Crippen LogP contribution >= 0.6 is 7.82 Å². The summed E-state index contributed by atoms with van der Waals surface area (Å²) in [5.74, 6) is -0.203. The molecule has 3 atom stereocenters. The van der Waals surface area contributed by atoms with E-state index in [-0.39, 0.29) is 12.5 Å². The third-order valence-corrected chi connectivity index (χ3v) is 15.7. The van der Waals surface area contributed by atoms with Gasteiger partial charge in [-0.2, -0.15) is 0 Å². The third-order valence-electron chi connectivity index (χ3n) is 14.8. The normalized spacial score (nSPS) is 14.1. The van der Waals surface area contributed by atoms with E-state index in [9.17, 15) is 19.4 Å².